The molecule has 0 N–H and O–H groups in total. The van der Waals surface area contributed by atoms with Crippen molar-refractivity contribution in [3.63, 3.8) is 0 Å². The van der Waals surface area contributed by atoms with Gasteiger partial charge in [0.15, 0.2) is 0 Å². The number of benzene rings is 1. The van der Waals surface area contributed by atoms with Crippen LogP contribution in [0.25, 0.3) is 0 Å². The van der Waals surface area contributed by atoms with Crippen molar-refractivity contribution in [2.75, 3.05) is 0 Å². The van der Waals surface area contributed by atoms with E-state index in [9.17, 15) is 0 Å². The normalized spacial score (nSPS) is 10.4. The Morgan fingerprint density at radius 2 is 1.71 bits per heavy atom. The molecule has 0 aliphatic carbocycles. The van der Waals surface area contributed by atoms with Crippen LogP contribution in [-0.4, -0.2) is 0 Å². The average Bonchev–Trinajstić information content (AvgIpc) is 2.21. The second-order valence-corrected chi connectivity index (χ2v) is 3.84. The Morgan fingerprint density at radius 1 is 1.00 bits per heavy atom. The van der Waals surface area contributed by atoms with Crippen LogP contribution in [0.5, 0.6) is 0 Å². The van der Waals surface area contributed by atoms with Gasteiger partial charge in [0.2, 0.25) is 0 Å². The van der Waals surface area contributed by atoms with Crippen molar-refractivity contribution in [2.45, 2.75) is 46.0 Å². The molecule has 0 saturated heterocycles. The van der Waals surface area contributed by atoms with Gasteiger partial charge in [0.05, 0.1) is 0 Å². The highest BCUT2D eigenvalue weighted by Crippen LogP contribution is 2.11. The highest BCUT2D eigenvalue weighted by Gasteiger charge is 1.94. The molecule has 0 amide bonds. The second-order valence-electron chi connectivity index (χ2n) is 3.84. The third kappa shape index (κ3) is 3.95. The van der Waals surface area contributed by atoms with Gasteiger partial charge >= 0.3 is 0 Å². The summed E-state index contributed by atoms with van der Waals surface area (Å²) in [6, 6.07) is 8.98. The van der Waals surface area contributed by atoms with Gasteiger partial charge in [-0.3, -0.25) is 0 Å². The predicted octanol–water partition coefficient (Wildman–Crippen LogP) is 4.38. The van der Waals surface area contributed by atoms with E-state index >= 15 is 0 Å². The Bertz CT molecular complexity index is 233. The summed E-state index contributed by atoms with van der Waals surface area (Å²) >= 11 is 0. The fourth-order valence-corrected chi connectivity index (χ4v) is 1.58. The molecular formula is C14H21. The first-order valence-corrected chi connectivity index (χ1v) is 5.79. The molecule has 1 rings (SSSR count). The van der Waals surface area contributed by atoms with Gasteiger partial charge in [0.1, 0.15) is 0 Å². The molecule has 0 aliphatic heterocycles. The Hall–Kier alpha value is -0.780. The summed E-state index contributed by atoms with van der Waals surface area (Å²) in [5, 5.41) is 0. The fourth-order valence-electron chi connectivity index (χ4n) is 1.58. The lowest BCUT2D eigenvalue weighted by molar-refractivity contribution is 0.790. The van der Waals surface area contributed by atoms with Crippen LogP contribution in [0.2, 0.25) is 0 Å². The zero-order valence-corrected chi connectivity index (χ0v) is 9.42. The summed E-state index contributed by atoms with van der Waals surface area (Å²) in [7, 11) is 0. The van der Waals surface area contributed by atoms with E-state index < -0.39 is 0 Å². The summed E-state index contributed by atoms with van der Waals surface area (Å²) in [5.74, 6) is 0. The Balaban J connectivity index is 2.38. The number of unbranched alkanes of at least 4 members (excludes halogenated alkanes) is 2. The van der Waals surface area contributed by atoms with Crippen LogP contribution >= 0.6 is 0 Å². The minimum absolute atomic E-state index is 1.20. The number of hydrogen-bond donors (Lipinski definition) is 0. The van der Waals surface area contributed by atoms with Crippen molar-refractivity contribution in [1.29, 1.82) is 0 Å². The third-order valence-electron chi connectivity index (χ3n) is 2.46. The largest absolute Gasteiger partial charge is 0.0654 e. The molecule has 0 nitrogen and oxygen atoms in total. The lowest BCUT2D eigenvalue weighted by atomic mass is 10.0. The van der Waals surface area contributed by atoms with Crippen LogP contribution in [-0.2, 0) is 6.42 Å². The summed E-state index contributed by atoms with van der Waals surface area (Å²) in [6.07, 6.45) is 8.57. The molecule has 0 fully saturated rings. The van der Waals surface area contributed by atoms with Crippen molar-refractivity contribution in [3.8, 4) is 0 Å². The van der Waals surface area contributed by atoms with Crippen molar-refractivity contribution < 1.29 is 0 Å². The minimum atomic E-state index is 1.20. The lowest BCUT2D eigenvalue weighted by Crippen LogP contribution is -1.85. The number of rotatable bonds is 6. The van der Waals surface area contributed by atoms with Gasteiger partial charge < -0.3 is 0 Å². The van der Waals surface area contributed by atoms with E-state index in [1.54, 1.807) is 0 Å². The molecule has 0 heterocycles. The zero-order chi connectivity index (χ0) is 10.2. The van der Waals surface area contributed by atoms with Gasteiger partial charge in [0.25, 0.3) is 0 Å². The first kappa shape index (κ1) is 11.3. The maximum atomic E-state index is 2.33. The molecule has 0 aromatic heterocycles. The predicted molar refractivity (Wildman–Crippen MR) is 63.4 cm³/mol. The molecule has 1 aromatic rings. The van der Waals surface area contributed by atoms with Gasteiger partial charge in [-0.1, -0.05) is 57.4 Å². The lowest BCUT2D eigenvalue weighted by Gasteiger charge is -2.02. The number of aryl methyl sites for hydroxylation is 1. The van der Waals surface area contributed by atoms with E-state index in [1.165, 1.54) is 43.2 Å². The van der Waals surface area contributed by atoms with E-state index in [1.807, 2.05) is 0 Å². The quantitative estimate of drug-likeness (QED) is 0.582. The molecule has 0 heteroatoms. The average molecular weight is 189 g/mol. The fraction of sp³-hybridized carbons (Fsp3) is 0.500. The van der Waals surface area contributed by atoms with Crippen molar-refractivity contribution in [3.05, 3.63) is 41.8 Å². The molecule has 1 radical (unpaired) electrons. The topological polar surface area (TPSA) is 0 Å². The van der Waals surface area contributed by atoms with Gasteiger partial charge in [0, 0.05) is 0 Å². The number of hydrogen-bond acceptors (Lipinski definition) is 0. The van der Waals surface area contributed by atoms with Crippen molar-refractivity contribution in [1.82, 2.24) is 0 Å². The van der Waals surface area contributed by atoms with Crippen LogP contribution in [0, 0.1) is 6.42 Å². The van der Waals surface area contributed by atoms with Gasteiger partial charge in [-0.05, 0) is 30.4 Å². The Morgan fingerprint density at radius 3 is 2.29 bits per heavy atom. The van der Waals surface area contributed by atoms with E-state index in [0.717, 1.165) is 0 Å². The minimum Gasteiger partial charge on any atom is -0.0654 e. The van der Waals surface area contributed by atoms with Gasteiger partial charge in [-0.2, -0.15) is 0 Å². The molecule has 1 aromatic carbocycles. The first-order valence-electron chi connectivity index (χ1n) is 5.79. The van der Waals surface area contributed by atoms with Crippen LogP contribution in [0.3, 0.4) is 0 Å². The van der Waals surface area contributed by atoms with E-state index in [4.69, 9.17) is 0 Å². The SMILES string of the molecule is CCCC[CH]c1ccc(CCC)cc1. The highest BCUT2D eigenvalue weighted by molar-refractivity contribution is 5.27. The van der Waals surface area contributed by atoms with E-state index in [-0.39, 0.29) is 0 Å². The summed E-state index contributed by atoms with van der Waals surface area (Å²) in [4.78, 5) is 0. The molecule has 0 aliphatic rings. The van der Waals surface area contributed by atoms with Gasteiger partial charge in [-0.15, -0.1) is 0 Å². The van der Waals surface area contributed by atoms with Crippen molar-refractivity contribution in [2.24, 2.45) is 0 Å². The highest BCUT2D eigenvalue weighted by atomic mass is 14.0. The van der Waals surface area contributed by atoms with Crippen LogP contribution in [0.15, 0.2) is 24.3 Å². The summed E-state index contributed by atoms with van der Waals surface area (Å²) < 4.78 is 0. The van der Waals surface area contributed by atoms with E-state index in [0.29, 0.717) is 0 Å². The molecule has 0 unspecified atom stereocenters. The molecule has 0 spiro atoms. The first-order chi connectivity index (χ1) is 6.86. The zero-order valence-electron chi connectivity index (χ0n) is 9.42. The second kappa shape index (κ2) is 6.64. The maximum absolute atomic E-state index is 2.33. The molecule has 14 heavy (non-hydrogen) atoms. The molecule has 77 valence electrons. The molecule has 0 atom stereocenters. The van der Waals surface area contributed by atoms with Crippen LogP contribution in [0.4, 0.5) is 0 Å². The monoisotopic (exact) mass is 189 g/mol. The standard InChI is InChI=1S/C14H21/c1-3-5-6-8-14-11-9-13(7-4-2)10-12-14/h8-12H,3-7H2,1-2H3. The van der Waals surface area contributed by atoms with E-state index in [2.05, 4.69) is 44.5 Å². The summed E-state index contributed by atoms with van der Waals surface area (Å²) in [5.41, 5.74) is 2.83. The smallest absolute Gasteiger partial charge is 0.00931 e. The molecule has 0 saturated carbocycles. The maximum Gasteiger partial charge on any atom is -0.00931 e. The van der Waals surface area contributed by atoms with Crippen LogP contribution < -0.4 is 0 Å². The molecule has 0 bridgehead atoms. The molecular weight excluding hydrogens is 168 g/mol. The van der Waals surface area contributed by atoms with Crippen LogP contribution in [0.1, 0.15) is 50.7 Å². The van der Waals surface area contributed by atoms with Gasteiger partial charge in [-0.25, -0.2) is 0 Å². The Labute approximate surface area is 88.4 Å². The van der Waals surface area contributed by atoms with Crippen molar-refractivity contribution >= 4 is 0 Å². The Kier molecular flexibility index (Phi) is 5.36. The third-order valence-corrected chi connectivity index (χ3v) is 2.46. The summed E-state index contributed by atoms with van der Waals surface area (Å²) in [6.45, 7) is 4.46.